The van der Waals surface area contributed by atoms with Crippen LogP contribution in [0.5, 0.6) is 0 Å². The molecule has 2 aliphatic heterocycles. The highest BCUT2D eigenvalue weighted by Gasteiger charge is 2.53. The van der Waals surface area contributed by atoms with Crippen molar-refractivity contribution >= 4 is 11.6 Å². The highest BCUT2D eigenvalue weighted by atomic mass is 16.2. The van der Waals surface area contributed by atoms with E-state index in [2.05, 4.69) is 5.32 Å². The molecule has 1 N–H and O–H groups in total. The van der Waals surface area contributed by atoms with Gasteiger partial charge in [-0.2, -0.15) is 5.10 Å². The van der Waals surface area contributed by atoms with Gasteiger partial charge < -0.3 is 5.32 Å². The lowest BCUT2D eigenvalue weighted by Crippen LogP contribution is -2.55. The topological polar surface area (TPSA) is 44.7 Å². The zero-order valence-corrected chi connectivity index (χ0v) is 11.9. The molecule has 1 amide bonds. The summed E-state index contributed by atoms with van der Waals surface area (Å²) < 4.78 is 0. The maximum absolute atomic E-state index is 12.7. The second kappa shape index (κ2) is 4.06. The highest BCUT2D eigenvalue weighted by Crippen LogP contribution is 2.55. The average molecular weight is 273 g/mol. The summed E-state index contributed by atoms with van der Waals surface area (Å²) in [5, 5.41) is 10.1. The van der Waals surface area contributed by atoms with E-state index in [1.165, 1.54) is 32.1 Å². The van der Waals surface area contributed by atoms with Gasteiger partial charge in [0.1, 0.15) is 0 Å². The van der Waals surface area contributed by atoms with Crippen molar-refractivity contribution in [2.45, 2.75) is 44.6 Å². The Hall–Kier alpha value is -0.900. The Morgan fingerprint density at radius 3 is 2.40 bits per heavy atom. The molecule has 2 heterocycles. The Kier molecular flexibility index (Phi) is 2.38. The summed E-state index contributed by atoms with van der Waals surface area (Å²) in [6.07, 6.45) is 7.84. The molecule has 4 aliphatic carbocycles. The van der Waals surface area contributed by atoms with Crippen molar-refractivity contribution in [1.82, 2.24) is 10.3 Å². The first-order chi connectivity index (χ1) is 9.79. The van der Waals surface area contributed by atoms with E-state index in [1.807, 2.05) is 5.01 Å². The Bertz CT molecular complexity index is 458. The summed E-state index contributed by atoms with van der Waals surface area (Å²) >= 11 is 0. The maximum Gasteiger partial charge on any atom is 0.251 e. The molecule has 0 radical (unpaired) electrons. The largest absolute Gasteiger partial charge is 0.311 e. The molecule has 0 aromatic rings. The predicted molar refractivity (Wildman–Crippen MR) is 76.1 cm³/mol. The van der Waals surface area contributed by atoms with Crippen molar-refractivity contribution < 1.29 is 4.79 Å². The van der Waals surface area contributed by atoms with Crippen molar-refractivity contribution in [2.24, 2.45) is 34.7 Å². The van der Waals surface area contributed by atoms with Gasteiger partial charge in [-0.3, -0.25) is 4.79 Å². The number of rotatable bonds is 1. The van der Waals surface area contributed by atoms with Crippen LogP contribution in [0.2, 0.25) is 0 Å². The number of hydrogen-bond donors (Lipinski definition) is 1. The second-order valence-electron chi connectivity index (χ2n) is 7.71. The van der Waals surface area contributed by atoms with Gasteiger partial charge >= 0.3 is 0 Å². The molecule has 1 unspecified atom stereocenters. The Labute approximate surface area is 120 Å². The molecule has 0 aromatic carbocycles. The highest BCUT2D eigenvalue weighted by molar-refractivity contribution is 6.09. The molecule has 0 aromatic heterocycles. The number of hydrazone groups is 1. The predicted octanol–water partition coefficient (Wildman–Crippen LogP) is 1.62. The van der Waals surface area contributed by atoms with Crippen LogP contribution in [0.1, 0.15) is 38.5 Å². The molecule has 4 saturated carbocycles. The van der Waals surface area contributed by atoms with Crippen LogP contribution in [0.15, 0.2) is 5.10 Å². The van der Waals surface area contributed by atoms with Crippen LogP contribution >= 0.6 is 0 Å². The summed E-state index contributed by atoms with van der Waals surface area (Å²) in [4.78, 5) is 12.7. The van der Waals surface area contributed by atoms with Crippen LogP contribution in [0, 0.1) is 29.6 Å². The monoisotopic (exact) mass is 273 g/mol. The number of piperidine rings is 1. The standard InChI is InChI=1S/C16H23N3O/c20-16-13-1-2-17-8-14(13)18-19(16)15-11-4-9-3-10(6-11)7-12(15)5-9/h9-13,15,17H,1-8H2. The molecule has 4 nitrogen and oxygen atoms in total. The van der Waals surface area contributed by atoms with Gasteiger partial charge in [0.05, 0.1) is 17.7 Å². The number of carbonyl (C=O) groups is 1. The van der Waals surface area contributed by atoms with Gasteiger partial charge in [-0.1, -0.05) is 0 Å². The smallest absolute Gasteiger partial charge is 0.251 e. The van der Waals surface area contributed by atoms with Gasteiger partial charge in [-0.05, 0) is 68.7 Å². The molecule has 6 aliphatic rings. The van der Waals surface area contributed by atoms with E-state index >= 15 is 0 Å². The minimum absolute atomic E-state index is 0.105. The first-order valence-electron chi connectivity index (χ1n) is 8.40. The third-order valence-corrected chi connectivity index (χ3v) is 6.54. The van der Waals surface area contributed by atoms with Crippen LogP contribution in [-0.4, -0.2) is 35.8 Å². The number of nitrogens with zero attached hydrogens (tertiary/aromatic N) is 2. The van der Waals surface area contributed by atoms with Crippen LogP contribution in [-0.2, 0) is 4.79 Å². The van der Waals surface area contributed by atoms with E-state index in [0.717, 1.165) is 48.9 Å². The molecule has 1 saturated heterocycles. The minimum Gasteiger partial charge on any atom is -0.311 e. The van der Waals surface area contributed by atoms with Crippen LogP contribution in [0.25, 0.3) is 0 Å². The van der Waals surface area contributed by atoms with Crippen molar-refractivity contribution in [3.8, 4) is 0 Å². The van der Waals surface area contributed by atoms with Crippen LogP contribution in [0.3, 0.4) is 0 Å². The third-order valence-electron chi connectivity index (χ3n) is 6.54. The second-order valence-corrected chi connectivity index (χ2v) is 7.71. The Balaban J connectivity index is 1.46. The fourth-order valence-corrected chi connectivity index (χ4v) is 5.98. The fraction of sp³-hybridized carbons (Fsp3) is 0.875. The molecular formula is C16H23N3O. The van der Waals surface area contributed by atoms with Gasteiger partial charge in [-0.15, -0.1) is 0 Å². The lowest BCUT2D eigenvalue weighted by Gasteiger charge is -2.55. The zero-order chi connectivity index (χ0) is 13.3. The van der Waals surface area contributed by atoms with Gasteiger partial charge in [0.2, 0.25) is 0 Å². The van der Waals surface area contributed by atoms with Crippen molar-refractivity contribution in [3.05, 3.63) is 0 Å². The summed E-state index contributed by atoms with van der Waals surface area (Å²) in [6.45, 7) is 1.78. The van der Waals surface area contributed by atoms with Crippen LogP contribution in [0.4, 0.5) is 0 Å². The molecular weight excluding hydrogens is 250 g/mol. The molecule has 108 valence electrons. The first-order valence-corrected chi connectivity index (χ1v) is 8.40. The van der Waals surface area contributed by atoms with Gasteiger partial charge in [-0.25, -0.2) is 5.01 Å². The number of fused-ring (bicyclic) bond motifs is 1. The minimum atomic E-state index is 0.105. The van der Waals surface area contributed by atoms with E-state index in [4.69, 9.17) is 5.10 Å². The summed E-state index contributed by atoms with van der Waals surface area (Å²) in [5.74, 6) is 3.83. The number of nitrogens with one attached hydrogen (secondary N) is 1. The van der Waals surface area contributed by atoms with E-state index in [-0.39, 0.29) is 5.92 Å². The van der Waals surface area contributed by atoms with E-state index in [1.54, 1.807) is 0 Å². The lowest BCUT2D eigenvalue weighted by atomic mass is 9.54. The normalized spacial score (nSPS) is 49.5. The molecule has 1 atom stereocenters. The molecule has 20 heavy (non-hydrogen) atoms. The van der Waals surface area contributed by atoms with Gasteiger partial charge in [0.15, 0.2) is 0 Å². The number of hydrogen-bond acceptors (Lipinski definition) is 3. The third kappa shape index (κ3) is 1.51. The summed E-state index contributed by atoms with van der Waals surface area (Å²) in [7, 11) is 0. The Morgan fingerprint density at radius 2 is 1.75 bits per heavy atom. The van der Waals surface area contributed by atoms with Crippen LogP contribution < -0.4 is 5.32 Å². The molecule has 0 spiro atoms. The Morgan fingerprint density at radius 1 is 1.05 bits per heavy atom. The summed E-state index contributed by atoms with van der Waals surface area (Å²) in [5.41, 5.74) is 1.11. The van der Waals surface area contributed by atoms with E-state index in [0.29, 0.717) is 11.9 Å². The van der Waals surface area contributed by atoms with Crippen molar-refractivity contribution in [3.63, 3.8) is 0 Å². The quantitative estimate of drug-likeness (QED) is 0.789. The molecule has 4 heteroatoms. The number of amides is 1. The van der Waals surface area contributed by atoms with Crippen molar-refractivity contribution in [2.75, 3.05) is 13.1 Å². The van der Waals surface area contributed by atoms with Crippen molar-refractivity contribution in [1.29, 1.82) is 0 Å². The van der Waals surface area contributed by atoms with E-state index < -0.39 is 0 Å². The number of carbonyl (C=O) groups excluding carboxylic acids is 1. The molecule has 6 rings (SSSR count). The van der Waals surface area contributed by atoms with Gasteiger partial charge in [0, 0.05) is 6.54 Å². The summed E-state index contributed by atoms with van der Waals surface area (Å²) in [6, 6.07) is 0.438. The maximum atomic E-state index is 12.7. The molecule has 5 fully saturated rings. The average Bonchev–Trinajstić information content (AvgIpc) is 2.76. The zero-order valence-electron chi connectivity index (χ0n) is 11.9. The van der Waals surface area contributed by atoms with Gasteiger partial charge in [0.25, 0.3) is 5.91 Å². The SMILES string of the molecule is O=C1C2CCNCC2=NN1C1C2CC3CC(C2)CC1C3. The lowest BCUT2D eigenvalue weighted by molar-refractivity contribution is -0.143. The first kappa shape index (κ1) is 11.7. The fourth-order valence-electron chi connectivity index (χ4n) is 5.98. The molecule has 4 bridgehead atoms. The van der Waals surface area contributed by atoms with E-state index in [9.17, 15) is 4.79 Å².